The molecule has 0 bridgehead atoms. The molecule has 0 heterocycles. The predicted octanol–water partition coefficient (Wildman–Crippen LogP) is 2.51. The smallest absolute Gasteiger partial charge is 0.322 e. The second-order valence-corrected chi connectivity index (χ2v) is 7.88. The highest BCUT2D eigenvalue weighted by Crippen LogP contribution is 2.31. The highest BCUT2D eigenvalue weighted by atomic mass is 32.2. The Bertz CT molecular complexity index is 680. The molecule has 6 nitrogen and oxygen atoms in total. The molecule has 130 valence electrons. The molecule has 0 aliphatic heterocycles. The standard InChI is InChI=1S/C16H25NO5S/c1-9(2)12-8-14(11(5)7-13(12)22-6)23(20,21)17-15(10(3)4)16(18)19/h7-10,15,17H,1-6H3,(H,18,19)/t15-/m0/s1. The summed E-state index contributed by atoms with van der Waals surface area (Å²) in [5.74, 6) is -0.876. The van der Waals surface area contributed by atoms with Crippen LogP contribution in [-0.2, 0) is 14.8 Å². The molecule has 0 aliphatic rings. The monoisotopic (exact) mass is 343 g/mol. The molecule has 0 spiro atoms. The molecule has 0 aromatic heterocycles. The third-order valence-corrected chi connectivity index (χ3v) is 5.24. The van der Waals surface area contributed by atoms with E-state index in [0.717, 1.165) is 5.56 Å². The van der Waals surface area contributed by atoms with E-state index in [0.29, 0.717) is 11.3 Å². The van der Waals surface area contributed by atoms with E-state index in [2.05, 4.69) is 4.72 Å². The number of carboxylic acid groups (broad SMARTS) is 1. The van der Waals surface area contributed by atoms with E-state index < -0.39 is 22.0 Å². The Labute approximate surface area is 137 Å². The number of sulfonamides is 1. The molecule has 0 saturated carbocycles. The average Bonchev–Trinajstić information content (AvgIpc) is 2.43. The number of aliphatic carboxylic acids is 1. The van der Waals surface area contributed by atoms with Gasteiger partial charge in [-0.25, -0.2) is 8.42 Å². The van der Waals surface area contributed by atoms with Gasteiger partial charge >= 0.3 is 5.97 Å². The van der Waals surface area contributed by atoms with Gasteiger partial charge in [-0.1, -0.05) is 27.7 Å². The molecule has 2 N–H and O–H groups in total. The van der Waals surface area contributed by atoms with Gasteiger partial charge in [0.2, 0.25) is 10.0 Å². The third-order valence-electron chi connectivity index (χ3n) is 3.65. The van der Waals surface area contributed by atoms with Crippen molar-refractivity contribution in [2.75, 3.05) is 7.11 Å². The third kappa shape index (κ3) is 4.45. The summed E-state index contributed by atoms with van der Waals surface area (Å²) >= 11 is 0. The van der Waals surface area contributed by atoms with Crippen molar-refractivity contribution in [1.29, 1.82) is 0 Å². The zero-order valence-electron chi connectivity index (χ0n) is 14.4. The molecule has 0 fully saturated rings. The minimum Gasteiger partial charge on any atom is -0.496 e. The number of rotatable bonds is 7. The van der Waals surface area contributed by atoms with Crippen LogP contribution >= 0.6 is 0 Å². The number of hydrogen-bond acceptors (Lipinski definition) is 4. The van der Waals surface area contributed by atoms with Crippen molar-refractivity contribution < 1.29 is 23.1 Å². The lowest BCUT2D eigenvalue weighted by atomic mass is 10.0. The van der Waals surface area contributed by atoms with E-state index >= 15 is 0 Å². The van der Waals surface area contributed by atoms with Crippen molar-refractivity contribution in [2.24, 2.45) is 5.92 Å². The summed E-state index contributed by atoms with van der Waals surface area (Å²) < 4.78 is 32.9. The van der Waals surface area contributed by atoms with Crippen molar-refractivity contribution in [1.82, 2.24) is 4.72 Å². The van der Waals surface area contributed by atoms with Gasteiger partial charge in [-0.2, -0.15) is 4.72 Å². The fraction of sp³-hybridized carbons (Fsp3) is 0.562. The van der Waals surface area contributed by atoms with Crippen molar-refractivity contribution >= 4 is 16.0 Å². The minimum absolute atomic E-state index is 0.0693. The van der Waals surface area contributed by atoms with Gasteiger partial charge in [0.05, 0.1) is 12.0 Å². The lowest BCUT2D eigenvalue weighted by molar-refractivity contribution is -0.140. The lowest BCUT2D eigenvalue weighted by Gasteiger charge is -2.20. The van der Waals surface area contributed by atoms with Crippen LogP contribution in [0.3, 0.4) is 0 Å². The maximum absolute atomic E-state index is 12.6. The maximum Gasteiger partial charge on any atom is 0.322 e. The van der Waals surface area contributed by atoms with Gasteiger partial charge in [-0.05, 0) is 42.0 Å². The molecule has 1 aromatic carbocycles. The van der Waals surface area contributed by atoms with Crippen LogP contribution in [0.4, 0.5) is 0 Å². The summed E-state index contributed by atoms with van der Waals surface area (Å²) in [6.07, 6.45) is 0. The molecule has 0 aliphatic carbocycles. The number of hydrogen-bond donors (Lipinski definition) is 2. The van der Waals surface area contributed by atoms with Gasteiger partial charge < -0.3 is 9.84 Å². The second kappa shape index (κ2) is 7.31. The number of aryl methyl sites for hydroxylation is 1. The van der Waals surface area contributed by atoms with Crippen molar-refractivity contribution in [3.8, 4) is 5.75 Å². The first-order valence-corrected chi connectivity index (χ1v) is 8.93. The van der Waals surface area contributed by atoms with Crippen LogP contribution in [0.15, 0.2) is 17.0 Å². The first kappa shape index (κ1) is 19.4. The summed E-state index contributed by atoms with van der Waals surface area (Å²) in [7, 11) is -2.41. The van der Waals surface area contributed by atoms with E-state index in [1.807, 2.05) is 13.8 Å². The van der Waals surface area contributed by atoms with Gasteiger partial charge in [0, 0.05) is 0 Å². The Balaban J connectivity index is 3.38. The molecule has 0 unspecified atom stereocenters. The molecule has 0 saturated heterocycles. The minimum atomic E-state index is -3.95. The summed E-state index contributed by atoms with van der Waals surface area (Å²) in [6, 6.07) is 2.04. The topological polar surface area (TPSA) is 92.7 Å². The van der Waals surface area contributed by atoms with Crippen molar-refractivity contribution in [3.63, 3.8) is 0 Å². The number of carboxylic acids is 1. The number of ether oxygens (including phenoxy) is 1. The van der Waals surface area contributed by atoms with Crippen LogP contribution in [0.2, 0.25) is 0 Å². The number of benzene rings is 1. The Morgan fingerprint density at radius 3 is 2.17 bits per heavy atom. The zero-order chi connectivity index (χ0) is 17.9. The molecular weight excluding hydrogens is 318 g/mol. The normalized spacial score (nSPS) is 13.4. The molecule has 1 atom stereocenters. The van der Waals surface area contributed by atoms with Crippen molar-refractivity contribution in [3.05, 3.63) is 23.3 Å². The largest absolute Gasteiger partial charge is 0.496 e. The van der Waals surface area contributed by atoms with Crippen LogP contribution in [-0.4, -0.2) is 32.6 Å². The first-order chi connectivity index (χ1) is 10.5. The van der Waals surface area contributed by atoms with Gasteiger partial charge in [0.15, 0.2) is 0 Å². The first-order valence-electron chi connectivity index (χ1n) is 7.45. The number of carbonyl (C=O) groups is 1. The Morgan fingerprint density at radius 2 is 1.78 bits per heavy atom. The molecule has 0 amide bonds. The Hall–Kier alpha value is -1.60. The maximum atomic E-state index is 12.6. The van der Waals surface area contributed by atoms with Crippen molar-refractivity contribution in [2.45, 2.75) is 51.5 Å². The zero-order valence-corrected chi connectivity index (χ0v) is 15.2. The van der Waals surface area contributed by atoms with E-state index in [-0.39, 0.29) is 16.7 Å². The van der Waals surface area contributed by atoms with Crippen LogP contribution in [0.5, 0.6) is 5.75 Å². The second-order valence-electron chi connectivity index (χ2n) is 6.20. The van der Waals surface area contributed by atoms with Gasteiger partial charge in [-0.15, -0.1) is 0 Å². The molecule has 7 heteroatoms. The van der Waals surface area contributed by atoms with Crippen LogP contribution < -0.4 is 9.46 Å². The highest BCUT2D eigenvalue weighted by molar-refractivity contribution is 7.89. The highest BCUT2D eigenvalue weighted by Gasteiger charge is 2.29. The molecule has 1 rings (SSSR count). The van der Waals surface area contributed by atoms with E-state index in [9.17, 15) is 18.3 Å². The average molecular weight is 343 g/mol. The van der Waals surface area contributed by atoms with Gasteiger partial charge in [0.25, 0.3) is 0 Å². The predicted molar refractivity (Wildman–Crippen MR) is 88.4 cm³/mol. The Kier molecular flexibility index (Phi) is 6.18. The van der Waals surface area contributed by atoms with Gasteiger partial charge in [-0.3, -0.25) is 4.79 Å². The van der Waals surface area contributed by atoms with Crippen LogP contribution in [0.1, 0.15) is 44.7 Å². The summed E-state index contributed by atoms with van der Waals surface area (Å²) in [5.41, 5.74) is 1.27. The molecule has 23 heavy (non-hydrogen) atoms. The Morgan fingerprint density at radius 1 is 1.22 bits per heavy atom. The molecule has 0 radical (unpaired) electrons. The van der Waals surface area contributed by atoms with Crippen LogP contribution in [0.25, 0.3) is 0 Å². The van der Waals surface area contributed by atoms with Crippen LogP contribution in [0, 0.1) is 12.8 Å². The molecular formula is C16H25NO5S. The van der Waals surface area contributed by atoms with E-state index in [4.69, 9.17) is 4.74 Å². The van der Waals surface area contributed by atoms with E-state index in [1.54, 1.807) is 32.9 Å². The summed E-state index contributed by atoms with van der Waals surface area (Å²) in [4.78, 5) is 11.3. The summed E-state index contributed by atoms with van der Waals surface area (Å²) in [5, 5.41) is 9.20. The molecule has 1 aromatic rings. The number of nitrogens with one attached hydrogen (secondary N) is 1. The van der Waals surface area contributed by atoms with Gasteiger partial charge in [0.1, 0.15) is 11.8 Å². The number of methoxy groups -OCH3 is 1. The quantitative estimate of drug-likeness (QED) is 0.793. The fourth-order valence-electron chi connectivity index (χ4n) is 2.30. The lowest BCUT2D eigenvalue weighted by Crippen LogP contribution is -2.44. The fourth-order valence-corrected chi connectivity index (χ4v) is 3.90. The summed E-state index contributed by atoms with van der Waals surface area (Å²) in [6.45, 7) is 8.84. The SMILES string of the molecule is COc1cc(C)c(S(=O)(=O)N[C@H](C(=O)O)C(C)C)cc1C(C)C. The van der Waals surface area contributed by atoms with E-state index in [1.165, 1.54) is 7.11 Å².